The summed E-state index contributed by atoms with van der Waals surface area (Å²) < 4.78 is 7.34. The molecule has 78 valence electrons. The second kappa shape index (κ2) is 3.29. The number of nitrogens with zero attached hydrogens (tertiary/aromatic N) is 3. The average molecular weight is 262 g/mol. The van der Waals surface area contributed by atoms with Gasteiger partial charge in [0.2, 0.25) is 0 Å². The average Bonchev–Trinajstić information content (AvgIpc) is 2.41. The van der Waals surface area contributed by atoms with Gasteiger partial charge in [0.15, 0.2) is 4.60 Å². The molecule has 14 heavy (non-hydrogen) atoms. The third kappa shape index (κ3) is 1.37. The molecule has 0 aliphatic heterocycles. The Hall–Kier alpha value is -0.460. The van der Waals surface area contributed by atoms with Crippen molar-refractivity contribution < 1.29 is 9.84 Å². The quantitative estimate of drug-likeness (QED) is 0.846. The van der Waals surface area contributed by atoms with Crippen LogP contribution >= 0.6 is 15.9 Å². The lowest BCUT2D eigenvalue weighted by Gasteiger charge is -2.42. The third-order valence-electron chi connectivity index (χ3n) is 2.69. The van der Waals surface area contributed by atoms with Crippen molar-refractivity contribution in [2.24, 2.45) is 7.05 Å². The molecule has 0 bridgehead atoms. The van der Waals surface area contributed by atoms with Gasteiger partial charge >= 0.3 is 0 Å². The first-order valence-corrected chi connectivity index (χ1v) is 5.17. The van der Waals surface area contributed by atoms with Crippen LogP contribution in [-0.2, 0) is 17.4 Å². The summed E-state index contributed by atoms with van der Waals surface area (Å²) in [6, 6.07) is 0. The molecule has 0 radical (unpaired) electrons. The van der Waals surface area contributed by atoms with Crippen LogP contribution in [0.2, 0.25) is 0 Å². The number of hydrogen-bond acceptors (Lipinski definition) is 4. The lowest BCUT2D eigenvalue weighted by atomic mass is 9.75. The Bertz CT molecular complexity index is 327. The highest BCUT2D eigenvalue weighted by molar-refractivity contribution is 9.10. The van der Waals surface area contributed by atoms with Gasteiger partial charge in [-0.3, -0.25) is 0 Å². The Labute approximate surface area is 90.2 Å². The number of hydrogen-bond donors (Lipinski definition) is 1. The summed E-state index contributed by atoms with van der Waals surface area (Å²) in [5, 5.41) is 17.9. The summed E-state index contributed by atoms with van der Waals surface area (Å²) in [5.74, 6) is 0. The lowest BCUT2D eigenvalue weighted by molar-refractivity contribution is -0.137. The molecule has 5 nitrogen and oxygen atoms in total. The van der Waals surface area contributed by atoms with Crippen LogP contribution in [0.4, 0.5) is 0 Å². The molecule has 0 aromatic carbocycles. The second-order valence-corrected chi connectivity index (χ2v) is 4.40. The van der Waals surface area contributed by atoms with E-state index in [9.17, 15) is 5.11 Å². The van der Waals surface area contributed by atoms with Gasteiger partial charge in [0.05, 0.1) is 6.10 Å². The molecule has 0 saturated heterocycles. The van der Waals surface area contributed by atoms with Crippen molar-refractivity contribution >= 4 is 15.9 Å². The Morgan fingerprint density at radius 2 is 2.29 bits per heavy atom. The van der Waals surface area contributed by atoms with Gasteiger partial charge in [0.25, 0.3) is 0 Å². The smallest absolute Gasteiger partial charge is 0.154 e. The van der Waals surface area contributed by atoms with Gasteiger partial charge < -0.3 is 9.84 Å². The molecule has 0 atom stereocenters. The molecule has 1 saturated carbocycles. The minimum atomic E-state index is -0.836. The number of rotatable bonds is 2. The highest BCUT2D eigenvalue weighted by atomic mass is 79.9. The molecule has 0 spiro atoms. The van der Waals surface area contributed by atoms with Crippen LogP contribution in [-0.4, -0.2) is 33.3 Å². The van der Waals surface area contributed by atoms with E-state index in [4.69, 9.17) is 4.74 Å². The van der Waals surface area contributed by atoms with Crippen LogP contribution in [0.1, 0.15) is 18.5 Å². The van der Waals surface area contributed by atoms with E-state index in [2.05, 4.69) is 26.2 Å². The molecule has 0 amide bonds. The summed E-state index contributed by atoms with van der Waals surface area (Å²) in [7, 11) is 3.42. The molecule has 1 heterocycles. The fraction of sp³-hybridized carbons (Fsp3) is 0.750. The monoisotopic (exact) mass is 261 g/mol. The van der Waals surface area contributed by atoms with Crippen molar-refractivity contribution in [3.05, 3.63) is 10.3 Å². The molecule has 1 aromatic heterocycles. The van der Waals surface area contributed by atoms with Crippen molar-refractivity contribution in [2.75, 3.05) is 7.11 Å². The molecular formula is C8H12BrN3O2. The van der Waals surface area contributed by atoms with Crippen LogP contribution < -0.4 is 0 Å². The van der Waals surface area contributed by atoms with Gasteiger partial charge in [-0.05, 0) is 15.9 Å². The molecule has 0 unspecified atom stereocenters. The molecule has 2 rings (SSSR count). The van der Waals surface area contributed by atoms with E-state index in [1.165, 1.54) is 0 Å². The van der Waals surface area contributed by atoms with Crippen molar-refractivity contribution in [3.63, 3.8) is 0 Å². The zero-order valence-electron chi connectivity index (χ0n) is 8.07. The van der Waals surface area contributed by atoms with Crippen LogP contribution in [0.25, 0.3) is 0 Å². The van der Waals surface area contributed by atoms with E-state index in [-0.39, 0.29) is 6.10 Å². The SMILES string of the molecule is COC1CC(O)(c2c(Br)nnn2C)C1. The number of aromatic nitrogens is 3. The standard InChI is InChI=1S/C8H12BrN3O2/c1-12-6(7(9)10-11-12)8(13)3-5(4-8)14-2/h5,13H,3-4H2,1-2H3. The summed E-state index contributed by atoms with van der Waals surface area (Å²) in [4.78, 5) is 0. The summed E-state index contributed by atoms with van der Waals surface area (Å²) >= 11 is 3.27. The third-order valence-corrected chi connectivity index (χ3v) is 3.22. The number of aliphatic hydroxyl groups is 1. The van der Waals surface area contributed by atoms with Crippen molar-refractivity contribution in [2.45, 2.75) is 24.5 Å². The fourth-order valence-electron chi connectivity index (χ4n) is 1.88. The van der Waals surface area contributed by atoms with E-state index >= 15 is 0 Å². The number of ether oxygens (including phenoxy) is 1. The van der Waals surface area contributed by atoms with E-state index in [1.54, 1.807) is 18.8 Å². The van der Waals surface area contributed by atoms with Crippen LogP contribution in [0.15, 0.2) is 4.60 Å². The number of halogens is 1. The van der Waals surface area contributed by atoms with Gasteiger partial charge in [-0.2, -0.15) is 0 Å². The minimum Gasteiger partial charge on any atom is -0.383 e. The zero-order valence-corrected chi connectivity index (χ0v) is 9.65. The van der Waals surface area contributed by atoms with Crippen molar-refractivity contribution in [1.29, 1.82) is 0 Å². The van der Waals surface area contributed by atoms with Gasteiger partial charge in [-0.25, -0.2) is 4.68 Å². The first-order chi connectivity index (χ1) is 6.57. The maximum absolute atomic E-state index is 10.2. The first kappa shape index (κ1) is 10.1. The predicted molar refractivity (Wildman–Crippen MR) is 52.6 cm³/mol. The van der Waals surface area contributed by atoms with Crippen molar-refractivity contribution in [1.82, 2.24) is 15.0 Å². The molecule has 1 fully saturated rings. The van der Waals surface area contributed by atoms with E-state index in [0.717, 1.165) is 5.69 Å². The van der Waals surface area contributed by atoms with Gasteiger partial charge in [-0.1, -0.05) is 5.21 Å². The zero-order chi connectivity index (χ0) is 10.3. The van der Waals surface area contributed by atoms with E-state index in [0.29, 0.717) is 17.4 Å². The van der Waals surface area contributed by atoms with E-state index in [1.807, 2.05) is 0 Å². The Balaban J connectivity index is 2.24. The molecule has 1 aromatic rings. The molecule has 1 aliphatic carbocycles. The molecule has 1 N–H and O–H groups in total. The van der Waals surface area contributed by atoms with Crippen LogP contribution in [0.5, 0.6) is 0 Å². The molecule has 6 heteroatoms. The summed E-state index contributed by atoms with van der Waals surface area (Å²) in [6.45, 7) is 0. The molecule has 1 aliphatic rings. The maximum atomic E-state index is 10.2. The lowest BCUT2D eigenvalue weighted by Crippen LogP contribution is -2.46. The predicted octanol–water partition coefficient (Wildman–Crippen LogP) is 0.574. The number of methoxy groups -OCH3 is 1. The highest BCUT2D eigenvalue weighted by Gasteiger charge is 2.47. The Morgan fingerprint density at radius 3 is 2.71 bits per heavy atom. The fourth-order valence-corrected chi connectivity index (χ4v) is 2.58. The van der Waals surface area contributed by atoms with Gasteiger partial charge in [0, 0.05) is 27.0 Å². The molecular weight excluding hydrogens is 250 g/mol. The Morgan fingerprint density at radius 1 is 1.64 bits per heavy atom. The topological polar surface area (TPSA) is 60.2 Å². The van der Waals surface area contributed by atoms with Crippen molar-refractivity contribution in [3.8, 4) is 0 Å². The van der Waals surface area contributed by atoms with Crippen LogP contribution in [0, 0.1) is 0 Å². The Kier molecular flexibility index (Phi) is 2.36. The summed E-state index contributed by atoms with van der Waals surface area (Å²) in [6.07, 6.45) is 1.34. The van der Waals surface area contributed by atoms with Gasteiger partial charge in [0.1, 0.15) is 11.3 Å². The second-order valence-electron chi connectivity index (χ2n) is 3.65. The highest BCUT2D eigenvalue weighted by Crippen LogP contribution is 2.44. The van der Waals surface area contributed by atoms with Crippen LogP contribution in [0.3, 0.4) is 0 Å². The number of aryl methyl sites for hydroxylation is 1. The first-order valence-electron chi connectivity index (χ1n) is 4.37. The van der Waals surface area contributed by atoms with E-state index < -0.39 is 5.60 Å². The largest absolute Gasteiger partial charge is 0.383 e. The van der Waals surface area contributed by atoms with Gasteiger partial charge in [-0.15, -0.1) is 5.10 Å². The maximum Gasteiger partial charge on any atom is 0.154 e. The normalized spacial score (nSPS) is 31.6. The summed E-state index contributed by atoms with van der Waals surface area (Å²) in [5.41, 5.74) is -0.108. The minimum absolute atomic E-state index is 0.141.